The maximum atomic E-state index is 9.87. The van der Waals surface area contributed by atoms with Gasteiger partial charge in [-0.3, -0.25) is 0 Å². The number of hydrogen-bond donors (Lipinski definition) is 0. The van der Waals surface area contributed by atoms with Crippen LogP contribution in [-0.4, -0.2) is 12.6 Å². The Bertz CT molecular complexity index is 398. The Kier molecular flexibility index (Phi) is 18.9. The summed E-state index contributed by atoms with van der Waals surface area (Å²) in [5, 5.41) is 0. The Hall–Kier alpha value is -1.66. The molecule has 0 aromatic heterocycles. The molecule has 0 rings (SSSR count). The van der Waals surface area contributed by atoms with E-state index in [-0.39, 0.29) is 0 Å². The fraction of sp³-hybridized carbons (Fsp3) is 0.571. The third-order valence-corrected chi connectivity index (χ3v) is 3.41. The van der Waals surface area contributed by atoms with E-state index in [1.807, 2.05) is 0 Å². The van der Waals surface area contributed by atoms with E-state index in [9.17, 15) is 4.79 Å². The summed E-state index contributed by atoms with van der Waals surface area (Å²) in [6.07, 6.45) is 30.8. The number of rotatable bonds is 15. The van der Waals surface area contributed by atoms with Crippen LogP contribution in [0.3, 0.4) is 0 Å². The lowest BCUT2D eigenvalue weighted by Crippen LogP contribution is -1.79. The van der Waals surface area contributed by atoms with Crippen molar-refractivity contribution in [3.8, 4) is 0 Å². The van der Waals surface area contributed by atoms with E-state index in [0.717, 1.165) is 38.5 Å². The van der Waals surface area contributed by atoms with Crippen LogP contribution in [-0.2, 0) is 4.79 Å². The molecule has 128 valence electrons. The van der Waals surface area contributed by atoms with Crippen LogP contribution in [0.5, 0.6) is 0 Å². The summed E-state index contributed by atoms with van der Waals surface area (Å²) in [7, 11) is 0. The second kappa shape index (κ2) is 20.3. The monoisotopic (exact) mass is 315 g/mol. The summed E-state index contributed by atoms with van der Waals surface area (Å²) in [5.74, 6) is 0. The lowest BCUT2D eigenvalue weighted by atomic mass is 10.2. The number of allylic oxidation sites excluding steroid dienone is 8. The lowest BCUT2D eigenvalue weighted by molar-refractivity contribution is 0.562. The van der Waals surface area contributed by atoms with Crippen molar-refractivity contribution in [1.82, 2.24) is 0 Å². The zero-order valence-electron chi connectivity index (χ0n) is 14.8. The van der Waals surface area contributed by atoms with E-state index in [0.29, 0.717) is 6.54 Å². The molecule has 0 aromatic carbocycles. The van der Waals surface area contributed by atoms with E-state index < -0.39 is 0 Å². The van der Waals surface area contributed by atoms with Crippen LogP contribution in [0, 0.1) is 0 Å². The highest BCUT2D eigenvalue weighted by atomic mass is 16.1. The predicted octanol–water partition coefficient (Wildman–Crippen LogP) is 6.47. The lowest BCUT2D eigenvalue weighted by Gasteiger charge is -1.91. The molecule has 0 bridgehead atoms. The Labute approximate surface area is 142 Å². The highest BCUT2D eigenvalue weighted by Crippen LogP contribution is 2.01. The first-order valence-corrected chi connectivity index (χ1v) is 9.05. The first-order chi connectivity index (χ1) is 11.4. The Morgan fingerprint density at radius 3 is 1.65 bits per heavy atom. The van der Waals surface area contributed by atoms with Gasteiger partial charge < -0.3 is 0 Å². The molecule has 0 fully saturated rings. The largest absolute Gasteiger partial charge is 0.234 e. The van der Waals surface area contributed by atoms with Gasteiger partial charge >= 0.3 is 0 Å². The smallest absolute Gasteiger partial charge is 0.211 e. The molecule has 0 saturated carbocycles. The Balaban J connectivity index is 3.39. The van der Waals surface area contributed by atoms with Gasteiger partial charge in [-0.05, 0) is 51.4 Å². The summed E-state index contributed by atoms with van der Waals surface area (Å²) in [6, 6.07) is 0. The van der Waals surface area contributed by atoms with Crippen molar-refractivity contribution in [1.29, 1.82) is 0 Å². The molecule has 0 aliphatic heterocycles. The molecule has 0 radical (unpaired) electrons. The van der Waals surface area contributed by atoms with Crippen molar-refractivity contribution >= 4 is 6.08 Å². The molecule has 0 aliphatic rings. The number of hydrogen-bond acceptors (Lipinski definition) is 2. The second-order valence-corrected chi connectivity index (χ2v) is 5.56. The van der Waals surface area contributed by atoms with Gasteiger partial charge in [-0.25, -0.2) is 9.79 Å². The number of carbonyl (C=O) groups excluding carboxylic acids is 1. The topological polar surface area (TPSA) is 29.4 Å². The summed E-state index contributed by atoms with van der Waals surface area (Å²) in [6.45, 7) is 2.85. The molecule has 0 spiro atoms. The minimum atomic E-state index is 0.609. The first kappa shape index (κ1) is 21.3. The molecule has 0 atom stereocenters. The van der Waals surface area contributed by atoms with Crippen molar-refractivity contribution in [2.24, 2.45) is 4.99 Å². The third-order valence-electron chi connectivity index (χ3n) is 3.41. The van der Waals surface area contributed by atoms with Crippen LogP contribution in [0.15, 0.2) is 53.6 Å². The molecule has 0 aromatic rings. The summed E-state index contributed by atoms with van der Waals surface area (Å²) in [5.41, 5.74) is 0. The Morgan fingerprint density at radius 2 is 1.17 bits per heavy atom. The summed E-state index contributed by atoms with van der Waals surface area (Å²) < 4.78 is 0. The molecule has 0 heterocycles. The molecule has 23 heavy (non-hydrogen) atoms. The van der Waals surface area contributed by atoms with Gasteiger partial charge in [0.15, 0.2) is 0 Å². The predicted molar refractivity (Wildman–Crippen MR) is 101 cm³/mol. The molecule has 0 aliphatic carbocycles. The van der Waals surface area contributed by atoms with Gasteiger partial charge in [0.25, 0.3) is 0 Å². The van der Waals surface area contributed by atoms with Crippen LogP contribution >= 0.6 is 0 Å². The zero-order valence-corrected chi connectivity index (χ0v) is 14.8. The number of nitrogens with zero attached hydrogens (tertiary/aromatic N) is 1. The Morgan fingerprint density at radius 1 is 0.696 bits per heavy atom. The van der Waals surface area contributed by atoms with E-state index in [1.54, 1.807) is 6.08 Å². The molecular weight excluding hydrogens is 282 g/mol. The number of isocyanates is 1. The van der Waals surface area contributed by atoms with Crippen molar-refractivity contribution < 1.29 is 4.79 Å². The molecule has 0 saturated heterocycles. The van der Waals surface area contributed by atoms with Gasteiger partial charge in [0, 0.05) is 0 Å². The first-order valence-electron chi connectivity index (χ1n) is 9.05. The normalized spacial score (nSPS) is 12.0. The summed E-state index contributed by atoms with van der Waals surface area (Å²) >= 11 is 0. The molecular formula is C21H33NO. The minimum Gasteiger partial charge on any atom is -0.211 e. The molecule has 0 unspecified atom stereocenters. The quantitative estimate of drug-likeness (QED) is 0.147. The van der Waals surface area contributed by atoms with Gasteiger partial charge in [0.1, 0.15) is 0 Å². The highest BCUT2D eigenvalue weighted by Gasteiger charge is 1.83. The average molecular weight is 316 g/mol. The van der Waals surface area contributed by atoms with E-state index in [1.165, 1.54) is 25.7 Å². The SMILES string of the molecule is CCCCC/C=C/C/C=C/C/C=C/C/C=C/CCCCN=C=O. The molecule has 2 nitrogen and oxygen atoms in total. The molecule has 2 heteroatoms. The zero-order chi connectivity index (χ0) is 16.8. The fourth-order valence-corrected chi connectivity index (χ4v) is 2.06. The summed E-state index contributed by atoms with van der Waals surface area (Å²) in [4.78, 5) is 13.4. The van der Waals surface area contributed by atoms with Crippen molar-refractivity contribution in [3.63, 3.8) is 0 Å². The van der Waals surface area contributed by atoms with Crippen LogP contribution in [0.2, 0.25) is 0 Å². The van der Waals surface area contributed by atoms with Gasteiger partial charge in [0.05, 0.1) is 6.54 Å². The molecule has 0 amide bonds. The maximum absolute atomic E-state index is 9.87. The molecule has 0 N–H and O–H groups in total. The maximum Gasteiger partial charge on any atom is 0.234 e. The third kappa shape index (κ3) is 20.3. The number of unbranched alkanes of at least 4 members (excludes halogenated alkanes) is 5. The van der Waals surface area contributed by atoms with Gasteiger partial charge in [-0.15, -0.1) is 0 Å². The highest BCUT2D eigenvalue weighted by molar-refractivity contribution is 5.32. The second-order valence-electron chi connectivity index (χ2n) is 5.56. The van der Waals surface area contributed by atoms with Crippen molar-refractivity contribution in [3.05, 3.63) is 48.6 Å². The van der Waals surface area contributed by atoms with Crippen LogP contribution in [0.1, 0.15) is 71.1 Å². The van der Waals surface area contributed by atoms with Gasteiger partial charge in [0.2, 0.25) is 6.08 Å². The van der Waals surface area contributed by atoms with Gasteiger partial charge in [-0.1, -0.05) is 68.4 Å². The van der Waals surface area contributed by atoms with Crippen molar-refractivity contribution in [2.45, 2.75) is 71.1 Å². The van der Waals surface area contributed by atoms with Crippen molar-refractivity contribution in [2.75, 3.05) is 6.54 Å². The number of aliphatic imine (C=N–C) groups is 1. The minimum absolute atomic E-state index is 0.609. The fourth-order valence-electron chi connectivity index (χ4n) is 2.06. The average Bonchev–Trinajstić information content (AvgIpc) is 2.57. The van der Waals surface area contributed by atoms with E-state index in [2.05, 4.69) is 60.5 Å². The van der Waals surface area contributed by atoms with E-state index in [4.69, 9.17) is 0 Å². The van der Waals surface area contributed by atoms with E-state index >= 15 is 0 Å². The standard InChI is InChI=1S/C21H33NO/c1-2-3-4-5-6-7-8-9-10-11-12-13-14-15-16-17-18-19-20-22-21-23/h6-7,9-10,12-13,15-16H,2-5,8,11,14,17-20H2,1H3/b7-6+,10-9+,13-12+,16-15+. The van der Waals surface area contributed by atoms with Crippen LogP contribution in [0.4, 0.5) is 0 Å². The van der Waals surface area contributed by atoms with Crippen LogP contribution in [0.25, 0.3) is 0 Å². The van der Waals surface area contributed by atoms with Gasteiger partial charge in [-0.2, -0.15) is 0 Å². The van der Waals surface area contributed by atoms with Crippen LogP contribution < -0.4 is 0 Å².